The Balaban J connectivity index is 0.000000481. The summed E-state index contributed by atoms with van der Waals surface area (Å²) in [5.74, 6) is 0.944. The number of methoxy groups -OCH3 is 1. The lowest BCUT2D eigenvalue weighted by Crippen LogP contribution is -2.45. The zero-order valence-electron chi connectivity index (χ0n) is 19.6. The summed E-state index contributed by atoms with van der Waals surface area (Å²) in [6.45, 7) is 7.45. The third-order valence-electron chi connectivity index (χ3n) is 5.36. The summed E-state index contributed by atoms with van der Waals surface area (Å²) < 4.78 is 45.5. The van der Waals surface area contributed by atoms with Gasteiger partial charge < -0.3 is 15.0 Å². The number of nitrogens with one attached hydrogen (secondary N) is 1. The van der Waals surface area contributed by atoms with Crippen molar-refractivity contribution in [3.8, 4) is 11.5 Å². The summed E-state index contributed by atoms with van der Waals surface area (Å²) >= 11 is 0. The van der Waals surface area contributed by atoms with Gasteiger partial charge in [0.2, 0.25) is 6.41 Å². The molecule has 1 amide bonds. The van der Waals surface area contributed by atoms with Crippen molar-refractivity contribution in [2.45, 2.75) is 51.4 Å². The molecular formula is C23H29F3N6O2. The molecule has 1 unspecified atom stereocenters. The minimum atomic E-state index is -4.45. The minimum Gasteiger partial charge on any atom is -0.379 e. The first kappa shape index (κ1) is 25.4. The van der Waals surface area contributed by atoms with Crippen LogP contribution in [-0.2, 0) is 15.7 Å². The largest absolute Gasteiger partial charge is 0.417 e. The number of ether oxygens (including phenoxy) is 1. The number of amides is 1. The monoisotopic (exact) mass is 478 g/mol. The summed E-state index contributed by atoms with van der Waals surface area (Å²) in [6.07, 6.45) is 2.06. The van der Waals surface area contributed by atoms with Gasteiger partial charge in [0.05, 0.1) is 17.4 Å². The Bertz CT molecular complexity index is 1110. The van der Waals surface area contributed by atoms with E-state index in [9.17, 15) is 18.0 Å². The minimum absolute atomic E-state index is 0.0369. The lowest BCUT2D eigenvalue weighted by atomic mass is 10.1. The number of hydrogen-bond acceptors (Lipinski definition) is 6. The van der Waals surface area contributed by atoms with Crippen LogP contribution in [0.5, 0.6) is 0 Å². The Labute approximate surface area is 196 Å². The van der Waals surface area contributed by atoms with E-state index in [1.165, 1.54) is 16.7 Å². The van der Waals surface area contributed by atoms with Crippen molar-refractivity contribution in [2.75, 3.05) is 25.1 Å². The number of nitrogens with zero attached hydrogens (tertiary/aromatic N) is 5. The Morgan fingerprint density at radius 1 is 1.18 bits per heavy atom. The molecule has 1 aliphatic rings. The molecule has 0 radical (unpaired) electrons. The molecule has 0 bridgehead atoms. The molecule has 0 saturated carbocycles. The Morgan fingerprint density at radius 2 is 1.91 bits per heavy atom. The molecule has 1 N–H and O–H groups in total. The number of imidazole rings is 1. The van der Waals surface area contributed by atoms with Crippen LogP contribution < -0.4 is 10.2 Å². The van der Waals surface area contributed by atoms with E-state index in [0.717, 1.165) is 31.6 Å². The molecule has 3 aromatic heterocycles. The highest BCUT2D eigenvalue weighted by Gasteiger charge is 2.31. The second-order valence-electron chi connectivity index (χ2n) is 8.91. The van der Waals surface area contributed by atoms with E-state index in [1.807, 2.05) is 25.7 Å². The summed E-state index contributed by atoms with van der Waals surface area (Å²) in [6, 6.07) is 4.10. The number of anilines is 1. The number of carbonyl (C=O) groups excluding carboxylic acids is 1. The first-order chi connectivity index (χ1) is 16.0. The molecular weight excluding hydrogens is 449 g/mol. The van der Waals surface area contributed by atoms with Crippen LogP contribution in [0.3, 0.4) is 0 Å². The topological polar surface area (TPSA) is 84.6 Å². The van der Waals surface area contributed by atoms with Crippen molar-refractivity contribution in [1.29, 1.82) is 0 Å². The van der Waals surface area contributed by atoms with Gasteiger partial charge in [0.15, 0.2) is 5.82 Å². The number of alkyl halides is 3. The van der Waals surface area contributed by atoms with E-state index in [0.29, 0.717) is 30.1 Å². The first-order valence-corrected chi connectivity index (χ1v) is 10.9. The van der Waals surface area contributed by atoms with Crippen LogP contribution in [-0.4, -0.2) is 57.6 Å². The van der Waals surface area contributed by atoms with Crippen molar-refractivity contribution >= 4 is 17.9 Å². The van der Waals surface area contributed by atoms with E-state index in [-0.39, 0.29) is 17.5 Å². The van der Waals surface area contributed by atoms with E-state index in [4.69, 9.17) is 4.74 Å². The Hall–Kier alpha value is -3.21. The molecule has 0 spiro atoms. The molecule has 1 atom stereocenters. The van der Waals surface area contributed by atoms with Crippen molar-refractivity contribution in [3.05, 3.63) is 42.4 Å². The number of carbonyl (C=O) groups is 1. The van der Waals surface area contributed by atoms with Crippen LogP contribution in [0.4, 0.5) is 19.0 Å². The fraction of sp³-hybridized carbons (Fsp3) is 0.478. The van der Waals surface area contributed by atoms with Gasteiger partial charge in [-0.25, -0.2) is 15.0 Å². The van der Waals surface area contributed by atoms with Crippen molar-refractivity contribution < 1.29 is 22.7 Å². The zero-order valence-corrected chi connectivity index (χ0v) is 19.6. The lowest BCUT2D eigenvalue weighted by molar-refractivity contribution is -0.137. The quantitative estimate of drug-likeness (QED) is 0.572. The standard InChI is InChI=1S/C18H17F3N6O.C5H12O/c19-18(20,21)12-3-4-15-23-8-14(27(15)9-12)17-22-6-5-16(25-17)26-7-1-2-13(10-26)24-11-28;1-5(2,3)6-4/h3-6,8-9,11,13H,1-2,7,10H2,(H,24,28);1-4H3. The summed E-state index contributed by atoms with van der Waals surface area (Å²) in [5.41, 5.74) is 0.0296. The molecule has 4 heterocycles. The molecule has 1 saturated heterocycles. The fourth-order valence-corrected chi connectivity index (χ4v) is 3.38. The second-order valence-corrected chi connectivity index (χ2v) is 8.91. The van der Waals surface area contributed by atoms with Crippen molar-refractivity contribution in [2.24, 2.45) is 0 Å². The van der Waals surface area contributed by atoms with Gasteiger partial charge in [-0.2, -0.15) is 13.2 Å². The highest BCUT2D eigenvalue weighted by molar-refractivity contribution is 5.59. The highest BCUT2D eigenvalue weighted by Crippen LogP contribution is 2.30. The smallest absolute Gasteiger partial charge is 0.379 e. The van der Waals surface area contributed by atoms with E-state index in [2.05, 4.69) is 20.3 Å². The first-order valence-electron chi connectivity index (χ1n) is 10.9. The van der Waals surface area contributed by atoms with Crippen LogP contribution >= 0.6 is 0 Å². The van der Waals surface area contributed by atoms with Gasteiger partial charge >= 0.3 is 6.18 Å². The van der Waals surface area contributed by atoms with Gasteiger partial charge in [0.25, 0.3) is 0 Å². The van der Waals surface area contributed by atoms with Crippen LogP contribution in [0.25, 0.3) is 17.2 Å². The SMILES string of the molecule is COC(C)(C)C.O=CNC1CCCN(c2ccnc(-c3cnc4ccc(C(F)(F)F)cn34)n2)C1. The summed E-state index contributed by atoms with van der Waals surface area (Å²) in [5, 5.41) is 2.78. The number of hydrogen-bond donors (Lipinski definition) is 1. The summed E-state index contributed by atoms with van der Waals surface area (Å²) in [7, 11) is 1.71. The van der Waals surface area contributed by atoms with Crippen LogP contribution in [0.2, 0.25) is 0 Å². The van der Waals surface area contributed by atoms with Crippen LogP contribution in [0.15, 0.2) is 36.8 Å². The van der Waals surface area contributed by atoms with E-state index < -0.39 is 11.7 Å². The van der Waals surface area contributed by atoms with Gasteiger partial charge in [-0.05, 0) is 51.8 Å². The van der Waals surface area contributed by atoms with Gasteiger partial charge in [-0.1, -0.05) is 0 Å². The number of pyridine rings is 1. The van der Waals surface area contributed by atoms with E-state index >= 15 is 0 Å². The van der Waals surface area contributed by atoms with Gasteiger partial charge in [-0.3, -0.25) is 9.20 Å². The molecule has 1 fully saturated rings. The highest BCUT2D eigenvalue weighted by atomic mass is 19.4. The second kappa shape index (κ2) is 10.4. The fourth-order valence-electron chi connectivity index (χ4n) is 3.38. The molecule has 34 heavy (non-hydrogen) atoms. The molecule has 8 nitrogen and oxygen atoms in total. The predicted octanol–water partition coefficient (Wildman–Crippen LogP) is 3.96. The van der Waals surface area contributed by atoms with Crippen LogP contribution in [0, 0.1) is 0 Å². The normalized spacial score (nSPS) is 16.7. The van der Waals surface area contributed by atoms with E-state index in [1.54, 1.807) is 19.4 Å². The maximum absolute atomic E-state index is 13.1. The number of aromatic nitrogens is 4. The molecule has 1 aliphatic heterocycles. The predicted molar refractivity (Wildman–Crippen MR) is 122 cm³/mol. The number of rotatable bonds is 4. The molecule has 0 aromatic carbocycles. The van der Waals surface area contributed by atoms with Crippen LogP contribution in [0.1, 0.15) is 39.2 Å². The average Bonchev–Trinajstić information content (AvgIpc) is 3.22. The molecule has 11 heteroatoms. The number of fused-ring (bicyclic) bond motifs is 1. The molecule has 0 aliphatic carbocycles. The lowest BCUT2D eigenvalue weighted by Gasteiger charge is -2.33. The van der Waals surface area contributed by atoms with Crippen molar-refractivity contribution in [1.82, 2.24) is 24.7 Å². The third-order valence-corrected chi connectivity index (χ3v) is 5.36. The zero-order chi connectivity index (χ0) is 24.9. The third kappa shape index (κ3) is 6.43. The maximum atomic E-state index is 13.1. The molecule has 3 aromatic rings. The van der Waals surface area contributed by atoms with Crippen molar-refractivity contribution in [3.63, 3.8) is 0 Å². The maximum Gasteiger partial charge on any atom is 0.417 e. The average molecular weight is 479 g/mol. The summed E-state index contributed by atoms with van der Waals surface area (Å²) in [4.78, 5) is 25.6. The Kier molecular flexibility index (Phi) is 7.75. The Morgan fingerprint density at radius 3 is 2.56 bits per heavy atom. The molecule has 184 valence electrons. The van der Waals surface area contributed by atoms with Gasteiger partial charge in [0.1, 0.15) is 17.2 Å². The number of halogens is 3. The van der Waals surface area contributed by atoms with Gasteiger partial charge in [-0.15, -0.1) is 0 Å². The number of piperidine rings is 1. The molecule has 4 rings (SSSR count). The van der Waals surface area contributed by atoms with Gasteiger partial charge in [0, 0.05) is 38.6 Å².